The Kier molecular flexibility index (Phi) is 6.87. The van der Waals surface area contributed by atoms with Crippen LogP contribution in [0.4, 0.5) is 0 Å². The highest BCUT2D eigenvalue weighted by Gasteiger charge is 2.41. The van der Waals surface area contributed by atoms with E-state index in [0.29, 0.717) is 39.0 Å². The minimum absolute atomic E-state index is 0. The van der Waals surface area contributed by atoms with Gasteiger partial charge in [-0.2, -0.15) is 0 Å². The van der Waals surface area contributed by atoms with Gasteiger partial charge in [-0.3, -0.25) is 19.4 Å². The Morgan fingerprint density at radius 2 is 1.93 bits per heavy atom. The lowest BCUT2D eigenvalue weighted by atomic mass is 10.1. The van der Waals surface area contributed by atoms with E-state index in [-0.39, 0.29) is 36.7 Å². The topological polar surface area (TPSA) is 73.8 Å². The lowest BCUT2D eigenvalue weighted by Gasteiger charge is -2.39. The van der Waals surface area contributed by atoms with Gasteiger partial charge in [0.15, 0.2) is 0 Å². The Morgan fingerprint density at radius 3 is 2.66 bits per heavy atom. The summed E-state index contributed by atoms with van der Waals surface area (Å²) >= 11 is 1.57. The van der Waals surface area contributed by atoms with Crippen LogP contribution in [-0.4, -0.2) is 69.6 Å². The molecular formula is C20H23ClN4O3S. The minimum Gasteiger partial charge on any atom is -0.341 e. The van der Waals surface area contributed by atoms with Crippen molar-refractivity contribution < 1.29 is 14.4 Å². The zero-order valence-electron chi connectivity index (χ0n) is 15.9. The van der Waals surface area contributed by atoms with Crippen molar-refractivity contribution in [2.45, 2.75) is 25.4 Å². The molecule has 29 heavy (non-hydrogen) atoms. The molecule has 2 fully saturated rings. The molecule has 0 bridgehead atoms. The summed E-state index contributed by atoms with van der Waals surface area (Å²) in [5.41, 5.74) is 0.950. The molecule has 2 saturated heterocycles. The van der Waals surface area contributed by atoms with Crippen LogP contribution in [0.2, 0.25) is 0 Å². The number of thiophene rings is 1. The van der Waals surface area contributed by atoms with Gasteiger partial charge in [-0.05, 0) is 35.6 Å². The number of hydrogen-bond acceptors (Lipinski definition) is 5. The highest BCUT2D eigenvalue weighted by molar-refractivity contribution is 7.10. The summed E-state index contributed by atoms with van der Waals surface area (Å²) in [6.45, 7) is 1.87. The first-order valence-electron chi connectivity index (χ1n) is 9.39. The largest absolute Gasteiger partial charge is 0.341 e. The predicted octanol–water partition coefficient (Wildman–Crippen LogP) is 1.58. The van der Waals surface area contributed by atoms with E-state index in [1.54, 1.807) is 38.4 Å². The number of carbonyl (C=O) groups is 3. The number of hydrogen-bond donors (Lipinski definition) is 0. The van der Waals surface area contributed by atoms with Crippen LogP contribution in [0.25, 0.3) is 0 Å². The Hall–Kier alpha value is -2.45. The number of piperazine rings is 1. The maximum Gasteiger partial charge on any atom is 0.246 e. The summed E-state index contributed by atoms with van der Waals surface area (Å²) in [5, 5.41) is 1.96. The minimum atomic E-state index is -0.484. The van der Waals surface area contributed by atoms with Gasteiger partial charge in [0.05, 0.1) is 6.42 Å². The lowest BCUT2D eigenvalue weighted by molar-refractivity contribution is -0.156. The van der Waals surface area contributed by atoms with E-state index in [1.165, 1.54) is 0 Å². The molecule has 2 aromatic rings. The number of amides is 3. The van der Waals surface area contributed by atoms with Gasteiger partial charge in [0.25, 0.3) is 0 Å². The zero-order valence-corrected chi connectivity index (χ0v) is 17.5. The molecule has 7 nitrogen and oxygen atoms in total. The molecule has 4 heterocycles. The van der Waals surface area contributed by atoms with Crippen molar-refractivity contribution in [1.29, 1.82) is 0 Å². The fourth-order valence-electron chi connectivity index (χ4n) is 3.79. The Morgan fingerprint density at radius 1 is 1.14 bits per heavy atom. The van der Waals surface area contributed by atoms with E-state index in [4.69, 9.17) is 0 Å². The van der Waals surface area contributed by atoms with Crippen LogP contribution in [0, 0.1) is 0 Å². The first-order valence-corrected chi connectivity index (χ1v) is 10.3. The Balaban J connectivity index is 0.00000240. The molecule has 0 spiro atoms. The molecular weight excluding hydrogens is 412 g/mol. The van der Waals surface area contributed by atoms with Gasteiger partial charge >= 0.3 is 0 Å². The van der Waals surface area contributed by atoms with Gasteiger partial charge in [0.2, 0.25) is 17.7 Å². The maximum atomic E-state index is 13.0. The van der Waals surface area contributed by atoms with Crippen LogP contribution in [0.1, 0.15) is 16.9 Å². The molecule has 0 N–H and O–H groups in total. The van der Waals surface area contributed by atoms with Gasteiger partial charge in [0, 0.05) is 43.4 Å². The number of rotatable bonds is 4. The van der Waals surface area contributed by atoms with Crippen LogP contribution in [0.15, 0.2) is 42.0 Å². The summed E-state index contributed by atoms with van der Waals surface area (Å²) < 4.78 is 0. The lowest BCUT2D eigenvalue weighted by Crippen LogP contribution is -2.59. The molecule has 154 valence electrons. The summed E-state index contributed by atoms with van der Waals surface area (Å²) in [4.78, 5) is 48.4. The second-order valence-electron chi connectivity index (χ2n) is 7.08. The van der Waals surface area contributed by atoms with Gasteiger partial charge in [-0.25, -0.2) is 0 Å². The highest BCUT2D eigenvalue weighted by Crippen LogP contribution is 2.21. The Labute approximate surface area is 179 Å². The fourth-order valence-corrected chi connectivity index (χ4v) is 4.49. The quantitative estimate of drug-likeness (QED) is 0.732. The zero-order chi connectivity index (χ0) is 19.5. The molecule has 2 aliphatic heterocycles. The second kappa shape index (κ2) is 9.37. The molecule has 2 aliphatic rings. The molecule has 0 saturated carbocycles. The standard InChI is InChI=1S/C20H22N4O3S.ClH/c25-18(12-16-2-1-11-28-16)22-8-5-17-20(27)23(13-15-3-6-21-7-4-15)14-19(26)24(17)10-9-22;/h1-4,6-7,11,17H,5,8-10,12-14H2;1H. The molecule has 0 aliphatic carbocycles. The molecule has 2 aromatic heterocycles. The number of pyridine rings is 1. The number of carbonyl (C=O) groups excluding carboxylic acids is 3. The average molecular weight is 435 g/mol. The van der Waals surface area contributed by atoms with Crippen molar-refractivity contribution in [3.8, 4) is 0 Å². The van der Waals surface area contributed by atoms with Crippen molar-refractivity contribution in [2.24, 2.45) is 0 Å². The monoisotopic (exact) mass is 434 g/mol. The van der Waals surface area contributed by atoms with E-state index >= 15 is 0 Å². The van der Waals surface area contributed by atoms with E-state index in [9.17, 15) is 14.4 Å². The van der Waals surface area contributed by atoms with Crippen molar-refractivity contribution >= 4 is 41.5 Å². The number of aromatic nitrogens is 1. The molecule has 1 atom stereocenters. The second-order valence-corrected chi connectivity index (χ2v) is 8.11. The van der Waals surface area contributed by atoms with E-state index < -0.39 is 6.04 Å². The van der Waals surface area contributed by atoms with Gasteiger partial charge < -0.3 is 14.7 Å². The molecule has 0 aromatic carbocycles. The SMILES string of the molecule is Cl.O=C(Cc1cccs1)N1CCC2C(=O)N(Cc3ccncc3)CC(=O)N2CC1. The van der Waals surface area contributed by atoms with Gasteiger partial charge in [-0.1, -0.05) is 6.07 Å². The van der Waals surface area contributed by atoms with Crippen LogP contribution < -0.4 is 0 Å². The van der Waals surface area contributed by atoms with Crippen molar-refractivity contribution in [1.82, 2.24) is 19.7 Å². The van der Waals surface area contributed by atoms with Crippen LogP contribution in [0.5, 0.6) is 0 Å². The first-order chi connectivity index (χ1) is 13.6. The third-order valence-electron chi connectivity index (χ3n) is 5.28. The Bertz CT molecular complexity index is 862. The summed E-state index contributed by atoms with van der Waals surface area (Å²) in [6.07, 6.45) is 4.22. The molecule has 4 rings (SSSR count). The van der Waals surface area contributed by atoms with Gasteiger partial charge in [0.1, 0.15) is 12.6 Å². The first kappa shape index (κ1) is 21.3. The third-order valence-corrected chi connectivity index (χ3v) is 6.16. The smallest absolute Gasteiger partial charge is 0.246 e. The third kappa shape index (κ3) is 4.76. The number of halogens is 1. The average Bonchev–Trinajstić information content (AvgIpc) is 3.09. The van der Waals surface area contributed by atoms with Crippen molar-refractivity contribution in [3.63, 3.8) is 0 Å². The fraction of sp³-hybridized carbons (Fsp3) is 0.400. The molecule has 1 unspecified atom stereocenters. The predicted molar refractivity (Wildman–Crippen MR) is 112 cm³/mol. The van der Waals surface area contributed by atoms with Crippen molar-refractivity contribution in [3.05, 3.63) is 52.5 Å². The summed E-state index contributed by atoms with van der Waals surface area (Å²) in [7, 11) is 0. The van der Waals surface area contributed by atoms with Crippen LogP contribution in [0.3, 0.4) is 0 Å². The molecule has 3 amide bonds. The maximum absolute atomic E-state index is 13.0. The molecule has 9 heteroatoms. The van der Waals surface area contributed by atoms with Crippen LogP contribution in [-0.2, 0) is 27.3 Å². The highest BCUT2D eigenvalue weighted by atomic mass is 35.5. The summed E-state index contributed by atoms with van der Waals surface area (Å²) in [5.74, 6) is -0.0361. The molecule has 0 radical (unpaired) electrons. The van der Waals surface area contributed by atoms with E-state index in [0.717, 1.165) is 10.4 Å². The van der Waals surface area contributed by atoms with E-state index in [1.807, 2.05) is 29.6 Å². The normalized spacial score (nSPS) is 19.4. The van der Waals surface area contributed by atoms with E-state index in [2.05, 4.69) is 4.98 Å². The number of fused-ring (bicyclic) bond motifs is 1. The van der Waals surface area contributed by atoms with Crippen molar-refractivity contribution in [2.75, 3.05) is 26.2 Å². The number of nitrogens with zero attached hydrogens (tertiary/aromatic N) is 4. The summed E-state index contributed by atoms with van der Waals surface area (Å²) in [6, 6.07) is 7.10. The van der Waals surface area contributed by atoms with Gasteiger partial charge in [-0.15, -0.1) is 23.7 Å². The van der Waals surface area contributed by atoms with Crippen LogP contribution >= 0.6 is 23.7 Å².